The molecule has 2 rings (SSSR count). The van der Waals surface area contributed by atoms with Crippen molar-refractivity contribution >= 4 is 5.97 Å². The van der Waals surface area contributed by atoms with E-state index in [1.54, 1.807) is 0 Å². The Morgan fingerprint density at radius 2 is 2.00 bits per heavy atom. The Balaban J connectivity index is 2.36. The monoisotopic (exact) mass is 233 g/mol. The van der Waals surface area contributed by atoms with Crippen molar-refractivity contribution in [2.24, 2.45) is 0 Å². The molecule has 5 nitrogen and oxygen atoms in total. The number of carboxylic acid groups (broad SMARTS) is 1. The summed E-state index contributed by atoms with van der Waals surface area (Å²) in [7, 11) is 0. The van der Waals surface area contributed by atoms with Gasteiger partial charge in [-0.25, -0.2) is 9.95 Å². The molecule has 5 heteroatoms. The Hall–Kier alpha value is -2.30. The molecule has 2 N–H and O–H groups in total. The summed E-state index contributed by atoms with van der Waals surface area (Å²) in [4.78, 5) is 21.9. The lowest BCUT2D eigenvalue weighted by molar-refractivity contribution is -0.136. The zero-order valence-corrected chi connectivity index (χ0v) is 8.97. The predicted molar refractivity (Wildman–Crippen MR) is 60.7 cm³/mol. The first-order chi connectivity index (χ1) is 8.18. The van der Waals surface area contributed by atoms with Crippen LogP contribution in [0.4, 0.5) is 0 Å². The molecule has 0 bridgehead atoms. The molecule has 0 spiro atoms. The maximum absolute atomic E-state index is 11.4. The molecule has 1 aromatic heterocycles. The van der Waals surface area contributed by atoms with Gasteiger partial charge in [0.05, 0.1) is 11.3 Å². The maximum atomic E-state index is 11.4. The van der Waals surface area contributed by atoms with Crippen molar-refractivity contribution in [1.29, 1.82) is 0 Å². The molecule has 17 heavy (non-hydrogen) atoms. The third-order valence-corrected chi connectivity index (χ3v) is 2.45. The molecular formula is C12H11NO4. The van der Waals surface area contributed by atoms with Gasteiger partial charge >= 0.3 is 11.6 Å². The standard InChI is InChI=1S/C12H11NO4/c14-10(15)7-6-9-11(13-17-12(9)16)8-4-2-1-3-5-8/h1-5,13H,6-7H2,(H,14,15). The summed E-state index contributed by atoms with van der Waals surface area (Å²) >= 11 is 0. The van der Waals surface area contributed by atoms with E-state index < -0.39 is 11.6 Å². The highest BCUT2D eigenvalue weighted by Gasteiger charge is 2.14. The minimum absolute atomic E-state index is 0.0948. The van der Waals surface area contributed by atoms with E-state index in [0.29, 0.717) is 11.3 Å². The number of aliphatic carboxylic acids is 1. The normalized spacial score (nSPS) is 10.4. The Bertz CT molecular complexity index is 568. The lowest BCUT2D eigenvalue weighted by atomic mass is 10.0. The van der Waals surface area contributed by atoms with E-state index in [-0.39, 0.29) is 12.8 Å². The van der Waals surface area contributed by atoms with Crippen LogP contribution in [0.25, 0.3) is 11.3 Å². The lowest BCUT2D eigenvalue weighted by Gasteiger charge is -1.99. The van der Waals surface area contributed by atoms with Crippen LogP contribution in [-0.2, 0) is 11.2 Å². The quantitative estimate of drug-likeness (QED) is 0.841. The highest BCUT2D eigenvalue weighted by Crippen LogP contribution is 2.19. The van der Waals surface area contributed by atoms with Crippen molar-refractivity contribution in [2.45, 2.75) is 12.8 Å². The second-order valence-corrected chi connectivity index (χ2v) is 3.60. The fourth-order valence-corrected chi connectivity index (χ4v) is 1.62. The van der Waals surface area contributed by atoms with Crippen LogP contribution >= 0.6 is 0 Å². The van der Waals surface area contributed by atoms with Gasteiger partial charge < -0.3 is 9.63 Å². The Morgan fingerprint density at radius 3 is 2.65 bits per heavy atom. The Morgan fingerprint density at radius 1 is 1.29 bits per heavy atom. The molecule has 0 saturated heterocycles. The summed E-state index contributed by atoms with van der Waals surface area (Å²) in [6.07, 6.45) is 0.0633. The van der Waals surface area contributed by atoms with Gasteiger partial charge in [0, 0.05) is 12.0 Å². The highest BCUT2D eigenvalue weighted by atomic mass is 16.5. The average Bonchev–Trinajstić information content (AvgIpc) is 2.69. The molecule has 0 radical (unpaired) electrons. The first kappa shape index (κ1) is 11.2. The molecule has 0 aliphatic carbocycles. The number of nitrogens with one attached hydrogen (secondary N) is 1. The SMILES string of the molecule is O=C(O)CCc1c(-c2ccccc2)[nH]oc1=O. The van der Waals surface area contributed by atoms with Crippen LogP contribution in [0.5, 0.6) is 0 Å². The van der Waals surface area contributed by atoms with Crippen molar-refractivity contribution in [3.8, 4) is 11.3 Å². The molecular weight excluding hydrogens is 222 g/mol. The van der Waals surface area contributed by atoms with Crippen molar-refractivity contribution < 1.29 is 14.4 Å². The molecule has 0 fully saturated rings. The van der Waals surface area contributed by atoms with E-state index >= 15 is 0 Å². The molecule has 0 aliphatic heterocycles. The first-order valence-electron chi connectivity index (χ1n) is 5.16. The van der Waals surface area contributed by atoms with Crippen molar-refractivity contribution in [3.05, 3.63) is 46.3 Å². The minimum atomic E-state index is -0.940. The molecule has 0 aliphatic rings. The number of hydrogen-bond acceptors (Lipinski definition) is 3. The van der Waals surface area contributed by atoms with Crippen LogP contribution in [0.15, 0.2) is 39.6 Å². The maximum Gasteiger partial charge on any atom is 0.361 e. The van der Waals surface area contributed by atoms with E-state index in [1.807, 2.05) is 30.3 Å². The fourth-order valence-electron chi connectivity index (χ4n) is 1.62. The molecule has 1 heterocycles. The van der Waals surface area contributed by atoms with Crippen LogP contribution in [-0.4, -0.2) is 16.2 Å². The number of carboxylic acids is 1. The summed E-state index contributed by atoms with van der Waals surface area (Å²) in [6.45, 7) is 0. The molecule has 0 amide bonds. The topological polar surface area (TPSA) is 83.3 Å². The van der Waals surface area contributed by atoms with Gasteiger partial charge in [0.25, 0.3) is 0 Å². The summed E-state index contributed by atoms with van der Waals surface area (Å²) in [5.74, 6) is -0.940. The van der Waals surface area contributed by atoms with Crippen molar-refractivity contribution in [3.63, 3.8) is 0 Å². The molecule has 0 atom stereocenters. The summed E-state index contributed by atoms with van der Waals surface area (Å²) in [5, 5.41) is 11.2. The number of rotatable bonds is 4. The fraction of sp³-hybridized carbons (Fsp3) is 0.167. The third-order valence-electron chi connectivity index (χ3n) is 2.45. The average molecular weight is 233 g/mol. The smallest absolute Gasteiger partial charge is 0.361 e. The molecule has 0 saturated carbocycles. The largest absolute Gasteiger partial charge is 0.481 e. The molecule has 1 aromatic carbocycles. The number of aromatic nitrogens is 1. The molecule has 0 unspecified atom stereocenters. The van der Waals surface area contributed by atoms with Crippen LogP contribution in [0.2, 0.25) is 0 Å². The van der Waals surface area contributed by atoms with Crippen LogP contribution < -0.4 is 5.63 Å². The number of benzene rings is 1. The van der Waals surface area contributed by atoms with Gasteiger partial charge in [0.2, 0.25) is 0 Å². The summed E-state index contributed by atoms with van der Waals surface area (Å²) in [5.41, 5.74) is 1.22. The van der Waals surface area contributed by atoms with E-state index in [1.165, 1.54) is 0 Å². The van der Waals surface area contributed by atoms with Gasteiger partial charge in [-0.3, -0.25) is 4.79 Å². The molecule has 2 aromatic rings. The van der Waals surface area contributed by atoms with Gasteiger partial charge in [-0.2, -0.15) is 0 Å². The number of carbonyl (C=O) groups is 1. The predicted octanol–water partition coefficient (Wildman–Crippen LogP) is 1.65. The van der Waals surface area contributed by atoms with Gasteiger partial charge in [0.1, 0.15) is 0 Å². The van der Waals surface area contributed by atoms with E-state index in [4.69, 9.17) is 9.63 Å². The highest BCUT2D eigenvalue weighted by molar-refractivity contribution is 5.68. The first-order valence-corrected chi connectivity index (χ1v) is 5.16. The Kier molecular flexibility index (Phi) is 3.09. The number of hydrogen-bond donors (Lipinski definition) is 2. The third kappa shape index (κ3) is 2.44. The van der Waals surface area contributed by atoms with Gasteiger partial charge in [-0.15, -0.1) is 0 Å². The molecule has 88 valence electrons. The number of aromatic amines is 1. The van der Waals surface area contributed by atoms with Gasteiger partial charge in [-0.05, 0) is 6.42 Å². The van der Waals surface area contributed by atoms with Crippen molar-refractivity contribution in [1.82, 2.24) is 5.16 Å². The second-order valence-electron chi connectivity index (χ2n) is 3.60. The Labute approximate surface area is 96.7 Å². The summed E-state index contributed by atoms with van der Waals surface area (Å²) in [6, 6.07) is 9.18. The minimum Gasteiger partial charge on any atom is -0.481 e. The van der Waals surface area contributed by atoms with Gasteiger partial charge in [-0.1, -0.05) is 30.3 Å². The van der Waals surface area contributed by atoms with Crippen molar-refractivity contribution in [2.75, 3.05) is 0 Å². The number of H-pyrrole nitrogens is 1. The second kappa shape index (κ2) is 4.69. The lowest BCUT2D eigenvalue weighted by Crippen LogP contribution is -2.06. The van der Waals surface area contributed by atoms with E-state index in [0.717, 1.165) is 5.56 Å². The zero-order valence-electron chi connectivity index (χ0n) is 8.97. The van der Waals surface area contributed by atoms with E-state index in [9.17, 15) is 9.59 Å². The zero-order chi connectivity index (χ0) is 12.3. The van der Waals surface area contributed by atoms with Crippen LogP contribution in [0, 0.1) is 0 Å². The van der Waals surface area contributed by atoms with Crippen LogP contribution in [0.1, 0.15) is 12.0 Å². The van der Waals surface area contributed by atoms with E-state index in [2.05, 4.69) is 5.16 Å². The van der Waals surface area contributed by atoms with Gasteiger partial charge in [0.15, 0.2) is 0 Å². The van der Waals surface area contributed by atoms with Crippen LogP contribution in [0.3, 0.4) is 0 Å². The summed E-state index contributed by atoms with van der Waals surface area (Å²) < 4.78 is 4.71.